The zero-order chi connectivity index (χ0) is 15.4. The van der Waals surface area contributed by atoms with Crippen LogP contribution in [-0.4, -0.2) is 42.9 Å². The monoisotopic (exact) mass is 287 g/mol. The number of methoxy groups -OCH3 is 1. The van der Waals surface area contributed by atoms with Crippen molar-refractivity contribution in [3.8, 4) is 5.69 Å². The fraction of sp³-hybridized carbons (Fsp3) is 0.375. The van der Waals surface area contributed by atoms with Crippen LogP contribution >= 0.6 is 0 Å². The summed E-state index contributed by atoms with van der Waals surface area (Å²) in [6.45, 7) is 4.48. The second kappa shape index (κ2) is 6.54. The van der Waals surface area contributed by atoms with E-state index in [4.69, 9.17) is 4.74 Å². The first-order valence-corrected chi connectivity index (χ1v) is 6.92. The Labute approximate surface area is 125 Å². The average molecular weight is 287 g/mol. The summed E-state index contributed by atoms with van der Waals surface area (Å²) in [6.07, 6.45) is 0.868. The van der Waals surface area contributed by atoms with Crippen molar-refractivity contribution in [3.63, 3.8) is 0 Å². The molecule has 1 heterocycles. The summed E-state index contributed by atoms with van der Waals surface area (Å²) >= 11 is 0. The molecule has 0 spiro atoms. The van der Waals surface area contributed by atoms with E-state index in [0.717, 1.165) is 23.5 Å². The third kappa shape index (κ3) is 2.97. The van der Waals surface area contributed by atoms with Gasteiger partial charge in [-0.3, -0.25) is 4.79 Å². The number of carbonyl (C=O) groups is 1. The van der Waals surface area contributed by atoms with Crippen LogP contribution in [0, 0.1) is 6.92 Å². The first-order chi connectivity index (χ1) is 10.1. The highest BCUT2D eigenvalue weighted by atomic mass is 16.5. The second-order valence-corrected chi connectivity index (χ2v) is 5.10. The predicted octanol–water partition coefficient (Wildman–Crippen LogP) is 2.46. The number of aromatic nitrogens is 2. The minimum atomic E-state index is 0.132. The molecule has 0 N–H and O–H groups in total. The molecule has 0 saturated carbocycles. The van der Waals surface area contributed by atoms with Crippen molar-refractivity contribution in [2.45, 2.75) is 19.9 Å². The zero-order valence-electron chi connectivity index (χ0n) is 12.9. The van der Waals surface area contributed by atoms with E-state index in [9.17, 15) is 4.79 Å². The summed E-state index contributed by atoms with van der Waals surface area (Å²) in [5.41, 5.74) is 2.27. The standard InChI is InChI=1S/C16H21N3O2/c1-12(11-21-4)18(3)16-15(10-20)13(2)17-19(16)14-8-6-5-7-9-14/h5-10,12H,11H2,1-4H3. The van der Waals surface area contributed by atoms with Gasteiger partial charge in [-0.1, -0.05) is 18.2 Å². The molecule has 21 heavy (non-hydrogen) atoms. The lowest BCUT2D eigenvalue weighted by Crippen LogP contribution is -2.34. The largest absolute Gasteiger partial charge is 0.383 e. The summed E-state index contributed by atoms with van der Waals surface area (Å²) in [5, 5.41) is 4.52. The molecular weight excluding hydrogens is 266 g/mol. The van der Waals surface area contributed by atoms with Gasteiger partial charge in [0.15, 0.2) is 6.29 Å². The molecule has 1 aromatic carbocycles. The minimum absolute atomic E-state index is 0.132. The molecule has 0 fully saturated rings. The lowest BCUT2D eigenvalue weighted by atomic mass is 10.2. The van der Waals surface area contributed by atoms with Crippen molar-refractivity contribution in [3.05, 3.63) is 41.6 Å². The highest BCUT2D eigenvalue weighted by Gasteiger charge is 2.22. The molecule has 0 bridgehead atoms. The van der Waals surface area contributed by atoms with Crippen molar-refractivity contribution in [2.75, 3.05) is 25.7 Å². The van der Waals surface area contributed by atoms with E-state index in [2.05, 4.69) is 12.0 Å². The van der Waals surface area contributed by atoms with Crippen LogP contribution in [0.1, 0.15) is 23.0 Å². The third-order valence-corrected chi connectivity index (χ3v) is 3.60. The van der Waals surface area contributed by atoms with E-state index in [0.29, 0.717) is 12.2 Å². The van der Waals surface area contributed by atoms with Crippen molar-refractivity contribution >= 4 is 12.1 Å². The molecule has 2 aromatic rings. The maximum Gasteiger partial charge on any atom is 0.155 e. The molecule has 1 aromatic heterocycles. The number of likely N-dealkylation sites (N-methyl/N-ethyl adjacent to an activating group) is 1. The number of anilines is 1. The fourth-order valence-electron chi connectivity index (χ4n) is 2.32. The number of nitrogens with zero attached hydrogens (tertiary/aromatic N) is 3. The molecular formula is C16H21N3O2. The van der Waals surface area contributed by atoms with E-state index >= 15 is 0 Å². The Morgan fingerprint density at radius 2 is 2.05 bits per heavy atom. The van der Waals surface area contributed by atoms with Crippen LogP contribution in [0.2, 0.25) is 0 Å². The van der Waals surface area contributed by atoms with E-state index in [1.807, 2.05) is 53.9 Å². The maximum absolute atomic E-state index is 11.5. The SMILES string of the molecule is COCC(C)N(C)c1c(C=O)c(C)nn1-c1ccccc1. The molecule has 0 aliphatic heterocycles. The minimum Gasteiger partial charge on any atom is -0.383 e. The van der Waals surface area contributed by atoms with Gasteiger partial charge in [0.2, 0.25) is 0 Å². The maximum atomic E-state index is 11.5. The smallest absolute Gasteiger partial charge is 0.155 e. The number of hydrogen-bond donors (Lipinski definition) is 0. The molecule has 0 aliphatic rings. The molecule has 0 aliphatic carbocycles. The Morgan fingerprint density at radius 3 is 2.62 bits per heavy atom. The topological polar surface area (TPSA) is 47.4 Å². The molecule has 112 valence electrons. The Hall–Kier alpha value is -2.14. The van der Waals surface area contributed by atoms with Crippen LogP contribution in [0.15, 0.2) is 30.3 Å². The zero-order valence-corrected chi connectivity index (χ0v) is 12.9. The van der Waals surface area contributed by atoms with E-state index < -0.39 is 0 Å². The number of hydrogen-bond acceptors (Lipinski definition) is 4. The lowest BCUT2D eigenvalue weighted by molar-refractivity contribution is 0.112. The normalized spacial score (nSPS) is 12.2. The van der Waals surface area contributed by atoms with Gasteiger partial charge in [0.25, 0.3) is 0 Å². The van der Waals surface area contributed by atoms with Gasteiger partial charge >= 0.3 is 0 Å². The number of ether oxygens (including phenoxy) is 1. The van der Waals surface area contributed by atoms with Crippen molar-refractivity contribution in [1.29, 1.82) is 0 Å². The third-order valence-electron chi connectivity index (χ3n) is 3.60. The Balaban J connectivity index is 2.54. The van der Waals surface area contributed by atoms with Gasteiger partial charge in [-0.2, -0.15) is 5.10 Å². The van der Waals surface area contributed by atoms with E-state index in [1.165, 1.54) is 0 Å². The average Bonchev–Trinajstić information content (AvgIpc) is 2.84. The first-order valence-electron chi connectivity index (χ1n) is 6.92. The van der Waals surface area contributed by atoms with Crippen molar-refractivity contribution in [2.24, 2.45) is 0 Å². The summed E-state index contributed by atoms with van der Waals surface area (Å²) in [6, 6.07) is 9.94. The fourth-order valence-corrected chi connectivity index (χ4v) is 2.32. The number of carbonyl (C=O) groups excluding carboxylic acids is 1. The van der Waals surface area contributed by atoms with Gasteiger partial charge in [0.1, 0.15) is 5.82 Å². The van der Waals surface area contributed by atoms with E-state index in [1.54, 1.807) is 7.11 Å². The van der Waals surface area contributed by atoms with Crippen molar-refractivity contribution < 1.29 is 9.53 Å². The van der Waals surface area contributed by atoms with Gasteiger partial charge in [-0.05, 0) is 26.0 Å². The highest BCUT2D eigenvalue weighted by Crippen LogP contribution is 2.26. The molecule has 1 atom stereocenters. The number of rotatable bonds is 6. The van der Waals surface area contributed by atoms with Gasteiger partial charge < -0.3 is 9.64 Å². The molecule has 0 saturated heterocycles. The van der Waals surface area contributed by atoms with E-state index in [-0.39, 0.29) is 6.04 Å². The number of para-hydroxylation sites is 1. The van der Waals surface area contributed by atoms with Crippen LogP contribution in [0.5, 0.6) is 0 Å². The summed E-state index contributed by atoms with van der Waals surface area (Å²) < 4.78 is 7.02. The molecule has 1 unspecified atom stereocenters. The van der Waals surface area contributed by atoms with Crippen LogP contribution < -0.4 is 4.90 Å². The summed E-state index contributed by atoms with van der Waals surface area (Å²) in [5.74, 6) is 0.790. The molecule has 5 heteroatoms. The quantitative estimate of drug-likeness (QED) is 0.766. The number of aldehydes is 1. The summed E-state index contributed by atoms with van der Waals surface area (Å²) in [7, 11) is 3.62. The Morgan fingerprint density at radius 1 is 1.38 bits per heavy atom. The van der Waals surface area contributed by atoms with Crippen LogP contribution in [-0.2, 0) is 4.74 Å². The number of aryl methyl sites for hydroxylation is 1. The molecule has 2 rings (SSSR count). The first kappa shape index (κ1) is 15.3. The number of benzene rings is 1. The predicted molar refractivity (Wildman–Crippen MR) is 83.4 cm³/mol. The van der Waals surface area contributed by atoms with Gasteiger partial charge in [-0.25, -0.2) is 4.68 Å². The van der Waals surface area contributed by atoms with Crippen LogP contribution in [0.4, 0.5) is 5.82 Å². The Kier molecular flexibility index (Phi) is 4.75. The Bertz CT molecular complexity index is 607. The van der Waals surface area contributed by atoms with Gasteiger partial charge in [-0.15, -0.1) is 0 Å². The van der Waals surface area contributed by atoms with Crippen LogP contribution in [0.3, 0.4) is 0 Å². The van der Waals surface area contributed by atoms with Crippen molar-refractivity contribution in [1.82, 2.24) is 9.78 Å². The van der Waals surface area contributed by atoms with Gasteiger partial charge in [0, 0.05) is 14.2 Å². The second-order valence-electron chi connectivity index (χ2n) is 5.10. The van der Waals surface area contributed by atoms with Crippen LogP contribution in [0.25, 0.3) is 5.69 Å². The molecule has 0 amide bonds. The molecule has 0 radical (unpaired) electrons. The highest BCUT2D eigenvalue weighted by molar-refractivity contribution is 5.85. The summed E-state index contributed by atoms with van der Waals surface area (Å²) in [4.78, 5) is 13.5. The molecule has 5 nitrogen and oxygen atoms in total. The van der Waals surface area contributed by atoms with Gasteiger partial charge in [0.05, 0.1) is 29.6 Å². The lowest BCUT2D eigenvalue weighted by Gasteiger charge is -2.27.